The minimum atomic E-state index is -2.18. The van der Waals surface area contributed by atoms with Crippen LogP contribution in [0.25, 0.3) is 49.2 Å². The van der Waals surface area contributed by atoms with Crippen molar-refractivity contribution in [1.29, 1.82) is 0 Å². The van der Waals surface area contributed by atoms with Gasteiger partial charge in [-0.15, -0.1) is 0 Å². The summed E-state index contributed by atoms with van der Waals surface area (Å²) in [6.07, 6.45) is 0. The van der Waals surface area contributed by atoms with Gasteiger partial charge >= 0.3 is 0 Å². The van der Waals surface area contributed by atoms with Gasteiger partial charge in [0, 0.05) is 33.4 Å². The second kappa shape index (κ2) is 7.11. The number of benzene rings is 3. The molecular formula is C28H23N2O+. The summed E-state index contributed by atoms with van der Waals surface area (Å²) in [5.41, 5.74) is 7.63. The van der Waals surface area contributed by atoms with Crippen molar-refractivity contribution in [3.8, 4) is 22.4 Å². The number of aromatic nitrogens is 1. The molecule has 0 unspecified atom stereocenters. The molecule has 0 amide bonds. The zero-order valence-electron chi connectivity index (χ0n) is 20.7. The molecule has 5 aromatic rings. The van der Waals surface area contributed by atoms with Crippen molar-refractivity contribution in [1.82, 2.24) is 0 Å². The van der Waals surface area contributed by atoms with Crippen LogP contribution in [0.15, 0.2) is 71.1 Å². The number of rotatable bonds is 2. The monoisotopic (exact) mass is 406 g/mol. The molecule has 5 rings (SSSR count). The van der Waals surface area contributed by atoms with E-state index in [0.29, 0.717) is 22.5 Å². The van der Waals surface area contributed by atoms with Gasteiger partial charge in [-0.25, -0.2) is 4.85 Å². The summed E-state index contributed by atoms with van der Waals surface area (Å²) in [5, 5.41) is 1.91. The molecule has 3 nitrogen and oxygen atoms in total. The summed E-state index contributed by atoms with van der Waals surface area (Å²) in [7, 11) is 1.88. The third kappa shape index (κ3) is 2.92. The van der Waals surface area contributed by atoms with Crippen LogP contribution in [-0.4, -0.2) is 0 Å². The van der Waals surface area contributed by atoms with Gasteiger partial charge in [0.15, 0.2) is 11.4 Å². The van der Waals surface area contributed by atoms with E-state index in [9.17, 15) is 0 Å². The molecule has 31 heavy (non-hydrogen) atoms. The van der Waals surface area contributed by atoms with Crippen LogP contribution in [0.4, 0.5) is 5.69 Å². The van der Waals surface area contributed by atoms with Crippen molar-refractivity contribution in [2.24, 2.45) is 7.05 Å². The van der Waals surface area contributed by atoms with Gasteiger partial charge in [-0.05, 0) is 42.6 Å². The Morgan fingerprint density at radius 1 is 0.935 bits per heavy atom. The minimum absolute atomic E-state index is 0.336. The lowest BCUT2D eigenvalue weighted by Gasteiger charge is -2.08. The number of hydrogen-bond acceptors (Lipinski definition) is 1. The maximum Gasteiger partial charge on any atom is 0.216 e. The van der Waals surface area contributed by atoms with E-state index < -0.39 is 6.85 Å². The van der Waals surface area contributed by atoms with Crippen molar-refractivity contribution in [3.63, 3.8) is 0 Å². The molecule has 0 bridgehead atoms. The highest BCUT2D eigenvalue weighted by Crippen LogP contribution is 2.41. The fraction of sp³-hybridized carbons (Fsp3) is 0.143. The standard InChI is InChI=1S/C28H23N2O/c1-17-12-14-25(30(5)19(17)3)27-18(2)11-13-21-23-15-22(20-9-7-6-8-10-20)24(29-4)16-26(23)31-28(21)27/h6-16H,1-3,5H3/q+1/i1D3. The topological polar surface area (TPSA) is 21.4 Å². The summed E-state index contributed by atoms with van der Waals surface area (Å²) in [5.74, 6) is 0. The molecule has 0 atom stereocenters. The first-order chi connectivity index (χ1) is 16.2. The maximum atomic E-state index is 7.84. The SMILES string of the molecule is [2H]C([2H])([2H])c1ccc(-c2c(C)ccc3c2oc2cc([N+]#[C-])c(-c4ccccc4)cc23)[n+](C)c1C. The van der Waals surface area contributed by atoms with E-state index in [1.165, 1.54) is 0 Å². The van der Waals surface area contributed by atoms with Gasteiger partial charge in [0.05, 0.1) is 12.1 Å². The van der Waals surface area contributed by atoms with E-state index in [1.807, 2.05) is 74.0 Å². The molecule has 0 radical (unpaired) electrons. The molecule has 0 aliphatic carbocycles. The number of aryl methyl sites for hydroxylation is 2. The van der Waals surface area contributed by atoms with Crippen LogP contribution in [-0.2, 0) is 7.05 Å². The molecule has 0 N–H and O–H groups in total. The molecular weight excluding hydrogens is 380 g/mol. The van der Waals surface area contributed by atoms with Crippen LogP contribution >= 0.6 is 0 Å². The predicted molar refractivity (Wildman–Crippen MR) is 126 cm³/mol. The van der Waals surface area contributed by atoms with E-state index in [4.69, 9.17) is 15.1 Å². The zero-order valence-corrected chi connectivity index (χ0v) is 17.7. The van der Waals surface area contributed by atoms with Crippen molar-refractivity contribution in [2.45, 2.75) is 20.7 Å². The van der Waals surface area contributed by atoms with Gasteiger partial charge in [-0.2, -0.15) is 4.57 Å². The lowest BCUT2D eigenvalue weighted by molar-refractivity contribution is -0.667. The molecule has 0 fully saturated rings. The van der Waals surface area contributed by atoms with Gasteiger partial charge in [0.1, 0.15) is 18.2 Å². The fourth-order valence-corrected chi connectivity index (χ4v) is 4.24. The largest absolute Gasteiger partial charge is 0.456 e. The van der Waals surface area contributed by atoms with Crippen LogP contribution < -0.4 is 4.57 Å². The highest BCUT2D eigenvalue weighted by atomic mass is 16.3. The number of pyridine rings is 1. The highest BCUT2D eigenvalue weighted by molar-refractivity contribution is 6.12. The van der Waals surface area contributed by atoms with Crippen LogP contribution in [0.5, 0.6) is 0 Å². The molecule has 0 saturated carbocycles. The number of nitrogens with zero attached hydrogens (tertiary/aromatic N) is 2. The Morgan fingerprint density at radius 2 is 1.71 bits per heavy atom. The van der Waals surface area contributed by atoms with Crippen molar-refractivity contribution >= 4 is 27.6 Å². The van der Waals surface area contributed by atoms with Crippen LogP contribution in [0.1, 0.15) is 20.9 Å². The van der Waals surface area contributed by atoms with Gasteiger partial charge < -0.3 is 4.42 Å². The van der Waals surface area contributed by atoms with Gasteiger partial charge in [-0.1, -0.05) is 48.5 Å². The average Bonchev–Trinajstić information content (AvgIpc) is 3.17. The third-order valence-corrected chi connectivity index (χ3v) is 6.09. The van der Waals surface area contributed by atoms with Crippen molar-refractivity contribution in [3.05, 3.63) is 95.0 Å². The molecule has 3 heteroatoms. The number of fused-ring (bicyclic) bond motifs is 3. The summed E-state index contributed by atoms with van der Waals surface area (Å²) in [4.78, 5) is 3.76. The molecule has 0 spiro atoms. The van der Waals surface area contributed by atoms with E-state index in [2.05, 4.69) is 17.0 Å². The van der Waals surface area contributed by atoms with E-state index >= 15 is 0 Å². The summed E-state index contributed by atoms with van der Waals surface area (Å²) in [6.45, 7) is 9.38. The lowest BCUT2D eigenvalue weighted by Crippen LogP contribution is -2.35. The molecule has 0 aliphatic heterocycles. The van der Waals surface area contributed by atoms with E-state index in [1.54, 1.807) is 6.07 Å². The first kappa shape index (κ1) is 15.9. The minimum Gasteiger partial charge on any atom is -0.456 e. The zero-order chi connectivity index (χ0) is 24.2. The average molecular weight is 407 g/mol. The quantitative estimate of drug-likeness (QED) is 0.224. The number of hydrogen-bond donors (Lipinski definition) is 0. The summed E-state index contributed by atoms with van der Waals surface area (Å²) in [6, 6.07) is 21.4. The van der Waals surface area contributed by atoms with Crippen LogP contribution in [0.3, 0.4) is 0 Å². The van der Waals surface area contributed by atoms with Gasteiger partial charge in [0.25, 0.3) is 0 Å². The van der Waals surface area contributed by atoms with Crippen molar-refractivity contribution < 1.29 is 13.1 Å². The van der Waals surface area contributed by atoms with Gasteiger partial charge in [0.2, 0.25) is 5.69 Å². The molecule has 2 heterocycles. The fourth-order valence-electron chi connectivity index (χ4n) is 4.24. The Labute approximate surface area is 186 Å². The Morgan fingerprint density at radius 3 is 2.45 bits per heavy atom. The Balaban J connectivity index is 1.81. The second-order valence-electron chi connectivity index (χ2n) is 7.86. The van der Waals surface area contributed by atoms with E-state index in [0.717, 1.165) is 44.3 Å². The molecule has 150 valence electrons. The Bertz CT molecular complexity index is 1620. The molecule has 0 aliphatic rings. The number of furan rings is 1. The van der Waals surface area contributed by atoms with Crippen LogP contribution in [0.2, 0.25) is 0 Å². The first-order valence-electron chi connectivity index (χ1n) is 11.6. The molecule has 3 aromatic carbocycles. The lowest BCUT2D eigenvalue weighted by atomic mass is 9.97. The normalized spacial score (nSPS) is 13.0. The summed E-state index contributed by atoms with van der Waals surface area (Å²) < 4.78 is 31.8. The third-order valence-electron chi connectivity index (χ3n) is 6.09. The predicted octanol–water partition coefficient (Wildman–Crippen LogP) is 7.22. The maximum absolute atomic E-state index is 7.84. The molecule has 0 saturated heterocycles. The first-order valence-corrected chi connectivity index (χ1v) is 10.1. The summed E-state index contributed by atoms with van der Waals surface area (Å²) >= 11 is 0. The van der Waals surface area contributed by atoms with Crippen LogP contribution in [0, 0.1) is 27.3 Å². The molecule has 2 aromatic heterocycles. The second-order valence-corrected chi connectivity index (χ2v) is 7.86. The Kier molecular flexibility index (Phi) is 3.64. The van der Waals surface area contributed by atoms with Gasteiger partial charge in [-0.3, -0.25) is 0 Å². The van der Waals surface area contributed by atoms with Crippen molar-refractivity contribution in [2.75, 3.05) is 0 Å². The highest BCUT2D eigenvalue weighted by Gasteiger charge is 2.23. The Hall–Kier alpha value is -3.90. The smallest absolute Gasteiger partial charge is 0.216 e. The van der Waals surface area contributed by atoms with E-state index in [-0.39, 0.29) is 0 Å².